The van der Waals surface area contributed by atoms with E-state index in [1.165, 1.54) is 44.6 Å². The maximum absolute atomic E-state index is 12.2. The molecule has 0 aliphatic carbocycles. The van der Waals surface area contributed by atoms with Gasteiger partial charge in [0.1, 0.15) is 34.6 Å². The van der Waals surface area contributed by atoms with E-state index in [9.17, 15) is 30.3 Å². The first kappa shape index (κ1) is 22.9. The normalized spacial score (nSPS) is 10.8. The molecular weight excluding hydrogens is 436 g/mol. The van der Waals surface area contributed by atoms with Crippen molar-refractivity contribution in [3.8, 4) is 23.1 Å². The van der Waals surface area contributed by atoms with E-state index in [2.05, 4.69) is 4.98 Å². The monoisotopic (exact) mass is 452 g/mol. The van der Waals surface area contributed by atoms with Crippen LogP contribution in [0.4, 0.5) is 11.4 Å². The van der Waals surface area contributed by atoms with E-state index in [1.807, 2.05) is 0 Å². The molecule has 0 atom stereocenters. The molecule has 12 nitrogen and oxygen atoms in total. The highest BCUT2D eigenvalue weighted by molar-refractivity contribution is 5.74. The number of hydrogen-bond acceptors (Lipinski definition) is 9. The van der Waals surface area contributed by atoms with Crippen LogP contribution in [0.2, 0.25) is 0 Å². The number of aromatic amines is 1. The zero-order valence-electron chi connectivity index (χ0n) is 17.4. The van der Waals surface area contributed by atoms with Crippen molar-refractivity contribution in [1.82, 2.24) is 4.98 Å². The van der Waals surface area contributed by atoms with Gasteiger partial charge in [-0.05, 0) is 30.4 Å². The second-order valence-electron chi connectivity index (χ2n) is 6.55. The molecule has 0 aliphatic rings. The molecule has 0 saturated carbocycles. The number of nitriles is 1. The van der Waals surface area contributed by atoms with Gasteiger partial charge >= 0.3 is 0 Å². The van der Waals surface area contributed by atoms with Gasteiger partial charge in [0.2, 0.25) is 0 Å². The smallest absolute Gasteiger partial charge is 0.299 e. The lowest BCUT2D eigenvalue weighted by molar-refractivity contribution is -0.386. The Morgan fingerprint density at radius 2 is 1.91 bits per heavy atom. The first-order valence-corrected chi connectivity index (χ1v) is 9.24. The summed E-state index contributed by atoms with van der Waals surface area (Å²) in [5.41, 5.74) is -1.61. The van der Waals surface area contributed by atoms with Crippen LogP contribution in [0.3, 0.4) is 0 Å². The molecule has 1 aromatic carbocycles. The van der Waals surface area contributed by atoms with Crippen LogP contribution in [0.5, 0.6) is 5.75 Å². The summed E-state index contributed by atoms with van der Waals surface area (Å²) in [4.78, 5) is 35.9. The fraction of sp³-hybridized carbons (Fsp3) is 0.143. The third-order valence-corrected chi connectivity index (χ3v) is 4.60. The van der Waals surface area contributed by atoms with Crippen molar-refractivity contribution in [3.63, 3.8) is 0 Å². The third kappa shape index (κ3) is 4.63. The Bertz CT molecular complexity index is 1360. The Labute approximate surface area is 185 Å². The lowest BCUT2D eigenvalue weighted by atomic mass is 10.1. The Balaban J connectivity index is 2.02. The van der Waals surface area contributed by atoms with Crippen molar-refractivity contribution < 1.29 is 23.7 Å². The number of hydrogen-bond donors (Lipinski definition) is 1. The zero-order chi connectivity index (χ0) is 24.1. The number of aromatic nitrogens is 1. The van der Waals surface area contributed by atoms with E-state index in [4.69, 9.17) is 13.9 Å². The van der Waals surface area contributed by atoms with E-state index in [0.29, 0.717) is 11.3 Å². The van der Waals surface area contributed by atoms with Gasteiger partial charge < -0.3 is 18.9 Å². The second-order valence-corrected chi connectivity index (χ2v) is 6.55. The van der Waals surface area contributed by atoms with Crippen LogP contribution in [0, 0.1) is 31.6 Å². The third-order valence-electron chi connectivity index (χ3n) is 4.60. The maximum Gasteiger partial charge on any atom is 0.299 e. The van der Waals surface area contributed by atoms with Crippen molar-refractivity contribution in [1.29, 1.82) is 5.26 Å². The van der Waals surface area contributed by atoms with E-state index in [-0.39, 0.29) is 35.1 Å². The van der Waals surface area contributed by atoms with Crippen molar-refractivity contribution in [2.75, 3.05) is 14.2 Å². The van der Waals surface area contributed by atoms with Gasteiger partial charge in [0.15, 0.2) is 0 Å². The minimum Gasteiger partial charge on any atom is -0.496 e. The summed E-state index contributed by atoms with van der Waals surface area (Å²) >= 11 is 0. The maximum atomic E-state index is 12.2. The van der Waals surface area contributed by atoms with E-state index >= 15 is 0 Å². The summed E-state index contributed by atoms with van der Waals surface area (Å²) in [5.74, 6) is 0.841. The number of nitro benzene ring substituents is 1. The van der Waals surface area contributed by atoms with Crippen molar-refractivity contribution >= 4 is 23.5 Å². The number of H-pyrrole nitrogens is 1. The topological polar surface area (TPSA) is 175 Å². The van der Waals surface area contributed by atoms with E-state index in [0.717, 1.165) is 0 Å². The van der Waals surface area contributed by atoms with Crippen LogP contribution >= 0.6 is 0 Å². The predicted molar refractivity (Wildman–Crippen MR) is 115 cm³/mol. The molecule has 3 aromatic rings. The summed E-state index contributed by atoms with van der Waals surface area (Å²) in [7, 11) is 2.66. The van der Waals surface area contributed by atoms with E-state index in [1.54, 1.807) is 18.2 Å². The number of rotatable bonds is 8. The number of benzene rings is 1. The highest BCUT2D eigenvalue weighted by Gasteiger charge is 2.25. The van der Waals surface area contributed by atoms with E-state index < -0.39 is 26.7 Å². The largest absolute Gasteiger partial charge is 0.496 e. The summed E-state index contributed by atoms with van der Waals surface area (Å²) < 4.78 is 15.8. The summed E-state index contributed by atoms with van der Waals surface area (Å²) in [5, 5.41) is 31.8. The van der Waals surface area contributed by atoms with Gasteiger partial charge in [-0.1, -0.05) is 0 Å². The summed E-state index contributed by atoms with van der Waals surface area (Å²) in [6, 6.07) is 8.86. The van der Waals surface area contributed by atoms with Crippen LogP contribution in [0.25, 0.3) is 23.5 Å². The Morgan fingerprint density at radius 3 is 2.52 bits per heavy atom. The molecule has 168 valence electrons. The highest BCUT2D eigenvalue weighted by atomic mass is 16.6. The second kappa shape index (κ2) is 9.58. The molecule has 12 heteroatoms. The molecule has 0 spiro atoms. The fourth-order valence-corrected chi connectivity index (χ4v) is 3.14. The van der Waals surface area contributed by atoms with Gasteiger partial charge in [0, 0.05) is 13.2 Å². The average molecular weight is 452 g/mol. The molecule has 0 amide bonds. The molecule has 3 rings (SSSR count). The molecule has 33 heavy (non-hydrogen) atoms. The van der Waals surface area contributed by atoms with Crippen molar-refractivity contribution in [2.24, 2.45) is 0 Å². The number of nitrogens with zero attached hydrogens (tertiary/aromatic N) is 3. The van der Waals surface area contributed by atoms with Gasteiger partial charge in [-0.25, -0.2) is 0 Å². The lowest BCUT2D eigenvalue weighted by Crippen LogP contribution is -2.18. The minimum atomic E-state index is -0.787. The SMILES string of the molecule is COCc1c([N+](=O)[O-])c(C=Cc2ccc(-c3ccc([N+](=O)[O-])cc3OC)o2)[nH]c(=O)c1C#N. The van der Waals surface area contributed by atoms with Gasteiger partial charge in [-0.3, -0.25) is 25.0 Å². The van der Waals surface area contributed by atoms with Gasteiger partial charge in [0.25, 0.3) is 16.9 Å². The average Bonchev–Trinajstić information content (AvgIpc) is 3.26. The summed E-state index contributed by atoms with van der Waals surface area (Å²) in [6.45, 7) is -0.297. The lowest BCUT2D eigenvalue weighted by Gasteiger charge is -2.06. The predicted octanol–water partition coefficient (Wildman–Crippen LogP) is 3.65. The van der Waals surface area contributed by atoms with Gasteiger partial charge in [-0.2, -0.15) is 5.26 Å². The minimum absolute atomic E-state index is 0.135. The molecule has 1 N–H and O–H groups in total. The molecule has 0 radical (unpaired) electrons. The van der Waals surface area contributed by atoms with Crippen LogP contribution in [-0.2, 0) is 11.3 Å². The number of non-ortho nitro benzene ring substituents is 1. The number of methoxy groups -OCH3 is 2. The molecule has 0 unspecified atom stereocenters. The van der Waals surface area contributed by atoms with Crippen LogP contribution in [0.1, 0.15) is 22.6 Å². The number of nitrogens with one attached hydrogen (secondary N) is 1. The molecule has 0 fully saturated rings. The fourth-order valence-electron chi connectivity index (χ4n) is 3.14. The molecule has 0 aliphatic heterocycles. The van der Waals surface area contributed by atoms with Crippen LogP contribution < -0.4 is 10.3 Å². The first-order valence-electron chi connectivity index (χ1n) is 9.24. The summed E-state index contributed by atoms with van der Waals surface area (Å²) in [6.07, 6.45) is 2.66. The Hall–Kier alpha value is -4.76. The quantitative estimate of drug-likeness (QED) is 0.395. The van der Waals surface area contributed by atoms with Gasteiger partial charge in [0.05, 0.1) is 40.8 Å². The Kier molecular flexibility index (Phi) is 6.65. The number of furan rings is 1. The number of nitro groups is 2. The number of ether oxygens (including phenoxy) is 2. The Morgan fingerprint density at radius 1 is 1.15 bits per heavy atom. The highest BCUT2D eigenvalue weighted by Crippen LogP contribution is 2.34. The van der Waals surface area contributed by atoms with Crippen molar-refractivity contribution in [3.05, 3.63) is 83.5 Å². The molecular formula is C21H16N4O8. The standard InChI is InChI=1S/C21H16N4O8/c1-31-11-16-15(10-22)21(26)23-17(20(16)25(29)30)7-4-13-5-8-18(33-13)14-6-3-12(24(27)28)9-19(14)32-2/h3-9H,11H2,1-2H3,(H,23,26). The number of pyridine rings is 1. The van der Waals surface area contributed by atoms with Crippen LogP contribution in [0.15, 0.2) is 39.5 Å². The van der Waals surface area contributed by atoms with Crippen LogP contribution in [-0.4, -0.2) is 29.1 Å². The first-order chi connectivity index (χ1) is 15.8. The zero-order valence-corrected chi connectivity index (χ0v) is 17.4. The molecule has 2 heterocycles. The van der Waals surface area contributed by atoms with Gasteiger partial charge in [-0.15, -0.1) is 0 Å². The molecule has 0 saturated heterocycles. The molecule has 0 bridgehead atoms. The van der Waals surface area contributed by atoms with Crippen molar-refractivity contribution in [2.45, 2.75) is 6.61 Å². The molecule has 2 aromatic heterocycles.